The largest absolute Gasteiger partial charge is 0.385 e. The van der Waals surface area contributed by atoms with Crippen molar-refractivity contribution in [3.8, 4) is 0 Å². The lowest BCUT2D eigenvalue weighted by Gasteiger charge is -2.43. The summed E-state index contributed by atoms with van der Waals surface area (Å²) in [6.07, 6.45) is 2.59. The molecule has 2 heterocycles. The molecule has 1 amide bonds. The Morgan fingerprint density at radius 3 is 2.50 bits per heavy atom. The first-order valence-electron chi connectivity index (χ1n) is 9.34. The number of carbonyl (C=O) groups is 1. The van der Waals surface area contributed by atoms with Gasteiger partial charge in [0.1, 0.15) is 5.82 Å². The van der Waals surface area contributed by atoms with Gasteiger partial charge in [-0.2, -0.15) is 0 Å². The predicted molar refractivity (Wildman–Crippen MR) is 108 cm³/mol. The van der Waals surface area contributed by atoms with Gasteiger partial charge in [-0.3, -0.25) is 9.69 Å². The lowest BCUT2D eigenvalue weighted by atomic mass is 9.80. The zero-order chi connectivity index (χ0) is 19.9. The van der Waals surface area contributed by atoms with Crippen LogP contribution in [0.3, 0.4) is 0 Å². The maximum Gasteiger partial charge on any atom is 0.238 e. The van der Waals surface area contributed by atoms with Crippen molar-refractivity contribution in [1.82, 2.24) is 4.90 Å². The first-order valence-corrected chi connectivity index (χ1v) is 10.1. The van der Waals surface area contributed by atoms with Crippen LogP contribution in [0.15, 0.2) is 42.5 Å². The second-order valence-corrected chi connectivity index (χ2v) is 8.41. The summed E-state index contributed by atoms with van der Waals surface area (Å²) < 4.78 is 14.3. The summed E-state index contributed by atoms with van der Waals surface area (Å²) >= 11 is 12.1. The van der Waals surface area contributed by atoms with E-state index in [9.17, 15) is 14.3 Å². The third-order valence-electron chi connectivity index (χ3n) is 5.84. The van der Waals surface area contributed by atoms with Crippen molar-refractivity contribution in [2.75, 3.05) is 11.9 Å². The molecule has 4 nitrogen and oxygen atoms in total. The smallest absolute Gasteiger partial charge is 0.238 e. The molecule has 2 N–H and O–H groups in total. The Bertz CT molecular complexity index is 894. The van der Waals surface area contributed by atoms with Gasteiger partial charge in [-0.15, -0.1) is 0 Å². The van der Waals surface area contributed by atoms with Gasteiger partial charge in [0.25, 0.3) is 0 Å². The Morgan fingerprint density at radius 2 is 1.82 bits per heavy atom. The van der Waals surface area contributed by atoms with E-state index in [4.69, 9.17) is 23.2 Å². The number of nitrogens with zero attached hydrogens (tertiary/aromatic N) is 1. The van der Waals surface area contributed by atoms with Gasteiger partial charge in [-0.05, 0) is 43.9 Å². The molecule has 148 valence electrons. The number of piperidine rings is 1. The molecule has 28 heavy (non-hydrogen) atoms. The summed E-state index contributed by atoms with van der Waals surface area (Å²) in [5.74, 6) is -0.566. The number of rotatable bonds is 4. The highest BCUT2D eigenvalue weighted by atomic mass is 35.5. The average Bonchev–Trinajstić information content (AvgIpc) is 2.89. The minimum Gasteiger partial charge on any atom is -0.385 e. The highest BCUT2D eigenvalue weighted by molar-refractivity contribution is 6.44. The second kappa shape index (κ2) is 7.64. The van der Waals surface area contributed by atoms with E-state index in [1.165, 1.54) is 6.07 Å². The van der Waals surface area contributed by atoms with Gasteiger partial charge in [0.15, 0.2) is 0 Å². The van der Waals surface area contributed by atoms with Crippen molar-refractivity contribution in [3.05, 3.63) is 63.9 Å². The van der Waals surface area contributed by atoms with E-state index < -0.39 is 5.60 Å². The molecule has 4 rings (SSSR count). The van der Waals surface area contributed by atoms with Crippen LogP contribution in [0.4, 0.5) is 10.1 Å². The predicted octanol–water partition coefficient (Wildman–Crippen LogP) is 4.59. The lowest BCUT2D eigenvalue weighted by molar-refractivity contribution is -0.121. The normalized spacial score (nSPS) is 27.0. The van der Waals surface area contributed by atoms with Crippen molar-refractivity contribution in [3.63, 3.8) is 0 Å². The summed E-state index contributed by atoms with van der Waals surface area (Å²) in [5.41, 5.74) is -0.367. The van der Waals surface area contributed by atoms with Crippen LogP contribution in [-0.2, 0) is 10.4 Å². The molecule has 0 saturated carbocycles. The molecule has 0 aromatic heterocycles. The van der Waals surface area contributed by atoms with Crippen LogP contribution in [0.2, 0.25) is 10.0 Å². The summed E-state index contributed by atoms with van der Waals surface area (Å²) in [6, 6.07) is 11.5. The monoisotopic (exact) mass is 422 g/mol. The van der Waals surface area contributed by atoms with E-state index in [1.54, 1.807) is 36.4 Å². The number of nitrogens with one attached hydrogen (secondary N) is 1. The van der Waals surface area contributed by atoms with Crippen LogP contribution in [-0.4, -0.2) is 34.5 Å². The first kappa shape index (κ1) is 19.6. The average molecular weight is 423 g/mol. The van der Waals surface area contributed by atoms with Crippen LogP contribution in [0.25, 0.3) is 0 Å². The van der Waals surface area contributed by atoms with Gasteiger partial charge in [0, 0.05) is 17.6 Å². The van der Waals surface area contributed by atoms with Crippen LogP contribution < -0.4 is 5.32 Å². The molecule has 2 bridgehead atoms. The van der Waals surface area contributed by atoms with E-state index in [0.717, 1.165) is 12.8 Å². The molecule has 0 radical (unpaired) electrons. The number of carbonyl (C=O) groups excluding carboxylic acids is 1. The Labute approximate surface area is 173 Å². The highest BCUT2D eigenvalue weighted by Crippen LogP contribution is 2.46. The molecule has 0 unspecified atom stereocenters. The van der Waals surface area contributed by atoms with E-state index >= 15 is 0 Å². The maximum absolute atomic E-state index is 14.3. The zero-order valence-electron chi connectivity index (χ0n) is 15.2. The SMILES string of the molecule is O=C(CN1[C@@H]2CC[C@@H]1CC(O)(c1ccccc1F)C2)Nc1cccc(Cl)c1Cl. The van der Waals surface area contributed by atoms with E-state index in [2.05, 4.69) is 10.2 Å². The fourth-order valence-corrected chi connectivity index (χ4v) is 4.94. The molecule has 2 aromatic rings. The van der Waals surface area contributed by atoms with Crippen molar-refractivity contribution in [2.45, 2.75) is 43.4 Å². The molecule has 2 fully saturated rings. The number of benzene rings is 2. The van der Waals surface area contributed by atoms with E-state index in [1.807, 2.05) is 0 Å². The molecular formula is C21H21Cl2FN2O2. The van der Waals surface area contributed by atoms with E-state index in [-0.39, 0.29) is 30.4 Å². The molecule has 2 aliphatic rings. The Morgan fingerprint density at radius 1 is 1.14 bits per heavy atom. The minimum atomic E-state index is -1.19. The number of aliphatic hydroxyl groups is 1. The maximum atomic E-state index is 14.3. The second-order valence-electron chi connectivity index (χ2n) is 7.63. The topological polar surface area (TPSA) is 52.6 Å². The Balaban J connectivity index is 1.46. The van der Waals surface area contributed by atoms with Gasteiger partial charge >= 0.3 is 0 Å². The molecule has 2 aromatic carbocycles. The highest BCUT2D eigenvalue weighted by Gasteiger charge is 2.49. The quantitative estimate of drug-likeness (QED) is 0.757. The number of anilines is 1. The molecule has 2 saturated heterocycles. The third-order valence-corrected chi connectivity index (χ3v) is 6.66. The third kappa shape index (κ3) is 3.64. The van der Waals surface area contributed by atoms with E-state index in [0.29, 0.717) is 34.1 Å². The lowest BCUT2D eigenvalue weighted by Crippen LogP contribution is -2.52. The van der Waals surface area contributed by atoms with Crippen LogP contribution in [0.5, 0.6) is 0 Å². The number of halogens is 3. The van der Waals surface area contributed by atoms with Crippen molar-refractivity contribution in [2.24, 2.45) is 0 Å². The molecule has 2 atom stereocenters. The number of fused-ring (bicyclic) bond motifs is 2. The molecule has 7 heteroatoms. The van der Waals surface area contributed by atoms with Crippen LogP contribution in [0.1, 0.15) is 31.2 Å². The number of amides is 1. The first-order chi connectivity index (χ1) is 13.4. The molecule has 0 spiro atoms. The molecule has 2 aliphatic heterocycles. The summed E-state index contributed by atoms with van der Waals surface area (Å²) in [5, 5.41) is 14.7. The van der Waals surface area contributed by atoms with Gasteiger partial charge in [-0.1, -0.05) is 47.5 Å². The van der Waals surface area contributed by atoms with Crippen LogP contribution >= 0.6 is 23.2 Å². The van der Waals surface area contributed by atoms with Gasteiger partial charge < -0.3 is 10.4 Å². The molecular weight excluding hydrogens is 402 g/mol. The molecule has 0 aliphatic carbocycles. The summed E-state index contributed by atoms with van der Waals surface area (Å²) in [6.45, 7) is 0.200. The van der Waals surface area contributed by atoms with Gasteiger partial charge in [0.05, 0.1) is 27.9 Å². The number of hydrogen-bond donors (Lipinski definition) is 2. The number of hydrogen-bond acceptors (Lipinski definition) is 3. The zero-order valence-corrected chi connectivity index (χ0v) is 16.7. The van der Waals surface area contributed by atoms with Crippen LogP contribution in [0, 0.1) is 5.82 Å². The summed E-state index contributed by atoms with van der Waals surface area (Å²) in [7, 11) is 0. The van der Waals surface area contributed by atoms with Crippen molar-refractivity contribution in [1.29, 1.82) is 0 Å². The standard InChI is InChI=1S/C21H21Cl2FN2O2/c22-16-5-3-7-18(20(16)23)25-19(27)12-26-13-8-9-14(26)11-21(28,10-13)15-4-1-2-6-17(15)24/h1-7,13-14,28H,8-12H2,(H,25,27)/t13-,14-/m1/s1. The summed E-state index contributed by atoms with van der Waals surface area (Å²) in [4.78, 5) is 14.7. The van der Waals surface area contributed by atoms with Crippen molar-refractivity contribution >= 4 is 34.8 Å². The van der Waals surface area contributed by atoms with Gasteiger partial charge in [-0.25, -0.2) is 4.39 Å². The fraction of sp³-hybridized carbons (Fsp3) is 0.381. The van der Waals surface area contributed by atoms with Crippen molar-refractivity contribution < 1.29 is 14.3 Å². The Kier molecular flexibility index (Phi) is 5.36. The Hall–Kier alpha value is -1.66. The van der Waals surface area contributed by atoms with Gasteiger partial charge in [0.2, 0.25) is 5.91 Å². The fourth-order valence-electron chi connectivity index (χ4n) is 4.59. The minimum absolute atomic E-state index is 0.0314.